The van der Waals surface area contributed by atoms with E-state index >= 15 is 0 Å². The van der Waals surface area contributed by atoms with Gasteiger partial charge in [-0.05, 0) is 12.1 Å². The van der Waals surface area contributed by atoms with E-state index in [1.54, 1.807) is 0 Å². The first-order chi connectivity index (χ1) is 11.6. The summed E-state index contributed by atoms with van der Waals surface area (Å²) < 4.78 is 0. The van der Waals surface area contributed by atoms with Crippen LogP contribution in [0.4, 0.5) is 17.1 Å². The lowest BCUT2D eigenvalue weighted by molar-refractivity contribution is -0.394. The van der Waals surface area contributed by atoms with Gasteiger partial charge >= 0.3 is 0 Å². The summed E-state index contributed by atoms with van der Waals surface area (Å²) in [6.45, 7) is 0. The van der Waals surface area contributed by atoms with Crippen molar-refractivity contribution in [3.05, 3.63) is 70.1 Å². The van der Waals surface area contributed by atoms with Crippen molar-refractivity contribution >= 4 is 69.4 Å². The fraction of sp³-hybridized carbons (Fsp3) is 0. The zero-order valence-corrected chi connectivity index (χ0v) is 14.8. The monoisotopic (exact) mass is 423 g/mol. The lowest BCUT2D eigenvalue weighted by atomic mass is 10.1. The van der Waals surface area contributed by atoms with Gasteiger partial charge in [-0.2, -0.15) is 0 Å². The molecule has 0 unspecified atom stereocenters. The zero-order chi connectivity index (χ0) is 18.9. The Balaban J connectivity index is 2.51. The molecule has 0 atom stereocenters. The van der Waals surface area contributed by atoms with Crippen molar-refractivity contribution in [3.8, 4) is 0 Å². The van der Waals surface area contributed by atoms with Crippen LogP contribution in [0.2, 0.25) is 20.1 Å². The highest BCUT2D eigenvalue weighted by Crippen LogP contribution is 2.35. The van der Waals surface area contributed by atoms with Crippen molar-refractivity contribution < 1.29 is 14.6 Å². The summed E-state index contributed by atoms with van der Waals surface area (Å²) in [5.74, 6) is -0.947. The quantitative estimate of drug-likeness (QED) is 0.402. The number of carbonyl (C=O) groups excluding carboxylic acids is 1. The van der Waals surface area contributed by atoms with Gasteiger partial charge in [0.15, 0.2) is 0 Å². The number of nitrogens with zero attached hydrogens (tertiary/aromatic N) is 2. The predicted octanol–water partition coefficient (Wildman–Crippen LogP) is 5.37. The molecule has 1 N–H and O–H groups in total. The third-order valence-corrected chi connectivity index (χ3v) is 4.38. The lowest BCUT2D eigenvalue weighted by Gasteiger charge is -2.10. The van der Waals surface area contributed by atoms with Crippen molar-refractivity contribution in [2.45, 2.75) is 0 Å². The average molecular weight is 425 g/mol. The molecule has 0 fully saturated rings. The number of non-ortho nitro benzene ring substituents is 1. The number of nitro groups is 2. The first kappa shape index (κ1) is 19.2. The smallest absolute Gasteiger partial charge is 0.295 e. The number of carbonyl (C=O) groups is 1. The van der Waals surface area contributed by atoms with Gasteiger partial charge in [0.25, 0.3) is 17.3 Å². The van der Waals surface area contributed by atoms with Crippen molar-refractivity contribution in [1.82, 2.24) is 0 Å². The number of hydrogen-bond acceptors (Lipinski definition) is 5. The van der Waals surface area contributed by atoms with E-state index in [1.807, 2.05) is 0 Å². The van der Waals surface area contributed by atoms with Gasteiger partial charge in [-0.15, -0.1) is 0 Å². The summed E-state index contributed by atoms with van der Waals surface area (Å²) in [6.07, 6.45) is 0. The molecule has 8 nitrogen and oxygen atoms in total. The van der Waals surface area contributed by atoms with E-state index in [0.29, 0.717) is 6.07 Å². The van der Waals surface area contributed by atoms with E-state index in [1.165, 1.54) is 12.1 Å². The third-order valence-electron chi connectivity index (χ3n) is 2.95. The maximum Gasteiger partial charge on any atom is 0.295 e. The van der Waals surface area contributed by atoms with E-state index in [4.69, 9.17) is 46.4 Å². The van der Waals surface area contributed by atoms with Gasteiger partial charge in [-0.3, -0.25) is 25.0 Å². The summed E-state index contributed by atoms with van der Waals surface area (Å²) in [6, 6.07) is 4.00. The molecule has 0 saturated heterocycles. The van der Waals surface area contributed by atoms with Gasteiger partial charge in [0.1, 0.15) is 5.02 Å². The first-order valence-electron chi connectivity index (χ1n) is 6.20. The highest BCUT2D eigenvalue weighted by atomic mass is 35.5. The SMILES string of the molecule is O=C(Nc1cc(Cl)c(Cl)cc1Cl)c1cc([N+](=O)[O-])cc([N+](=O)[O-])c1Cl. The Kier molecular flexibility index (Phi) is 5.69. The van der Waals surface area contributed by atoms with Crippen LogP contribution in [-0.2, 0) is 0 Å². The van der Waals surface area contributed by atoms with E-state index in [9.17, 15) is 25.0 Å². The average Bonchev–Trinajstić information content (AvgIpc) is 2.52. The second-order valence-electron chi connectivity index (χ2n) is 4.54. The Bertz CT molecular complexity index is 919. The summed E-state index contributed by atoms with van der Waals surface area (Å²) in [7, 11) is 0. The fourth-order valence-corrected chi connectivity index (χ4v) is 2.66. The van der Waals surface area contributed by atoms with Crippen LogP contribution < -0.4 is 5.32 Å². The number of nitrogens with one attached hydrogen (secondary N) is 1. The van der Waals surface area contributed by atoms with Gasteiger partial charge in [0.2, 0.25) is 0 Å². The molecular formula is C13H5Cl4N3O5. The van der Waals surface area contributed by atoms with E-state index in [0.717, 1.165) is 6.07 Å². The van der Waals surface area contributed by atoms with Crippen molar-refractivity contribution in [1.29, 1.82) is 0 Å². The van der Waals surface area contributed by atoms with Crippen molar-refractivity contribution in [2.75, 3.05) is 5.32 Å². The summed E-state index contributed by atoms with van der Waals surface area (Å²) in [5, 5.41) is 23.9. The third kappa shape index (κ3) is 4.10. The number of amides is 1. The molecule has 2 aromatic carbocycles. The van der Waals surface area contributed by atoms with Gasteiger partial charge in [0.05, 0.1) is 42.2 Å². The minimum absolute atomic E-state index is 0.0406. The number of rotatable bonds is 4. The lowest BCUT2D eigenvalue weighted by Crippen LogP contribution is -2.14. The topological polar surface area (TPSA) is 115 Å². The van der Waals surface area contributed by atoms with Gasteiger partial charge < -0.3 is 5.32 Å². The minimum atomic E-state index is -0.947. The highest BCUT2D eigenvalue weighted by molar-refractivity contribution is 6.44. The van der Waals surface area contributed by atoms with E-state index < -0.39 is 37.7 Å². The van der Waals surface area contributed by atoms with Crippen LogP contribution in [0.15, 0.2) is 24.3 Å². The summed E-state index contributed by atoms with van der Waals surface area (Å²) in [5.41, 5.74) is -1.86. The molecule has 0 radical (unpaired) electrons. The molecule has 0 aliphatic rings. The zero-order valence-electron chi connectivity index (χ0n) is 11.8. The number of anilines is 1. The number of nitro benzene ring substituents is 2. The maximum absolute atomic E-state index is 12.4. The van der Waals surface area contributed by atoms with E-state index in [-0.39, 0.29) is 20.8 Å². The molecule has 130 valence electrons. The molecule has 0 aromatic heterocycles. The number of hydrogen-bond donors (Lipinski definition) is 1. The van der Waals surface area contributed by atoms with Crippen LogP contribution >= 0.6 is 46.4 Å². The molecule has 0 aliphatic carbocycles. The van der Waals surface area contributed by atoms with Crippen LogP contribution in [0.25, 0.3) is 0 Å². The van der Waals surface area contributed by atoms with Crippen LogP contribution in [-0.4, -0.2) is 15.8 Å². The molecule has 0 saturated carbocycles. The second-order valence-corrected chi connectivity index (χ2v) is 6.14. The molecule has 0 spiro atoms. The summed E-state index contributed by atoms with van der Waals surface area (Å²) >= 11 is 23.4. The maximum atomic E-state index is 12.4. The normalized spacial score (nSPS) is 10.4. The molecule has 0 aliphatic heterocycles. The van der Waals surface area contributed by atoms with Crippen LogP contribution in [0.5, 0.6) is 0 Å². The fourth-order valence-electron chi connectivity index (χ4n) is 1.81. The van der Waals surface area contributed by atoms with Gasteiger partial charge in [-0.1, -0.05) is 46.4 Å². The molecule has 2 aromatic rings. The van der Waals surface area contributed by atoms with Gasteiger partial charge in [-0.25, -0.2) is 0 Å². The Hall–Kier alpha value is -2.13. The van der Waals surface area contributed by atoms with Crippen LogP contribution in [0, 0.1) is 20.2 Å². The predicted molar refractivity (Wildman–Crippen MR) is 94.2 cm³/mol. The number of benzene rings is 2. The molecule has 2 rings (SSSR count). The van der Waals surface area contributed by atoms with Crippen molar-refractivity contribution in [2.24, 2.45) is 0 Å². The second kappa shape index (κ2) is 7.40. The molecule has 0 heterocycles. The van der Waals surface area contributed by atoms with Gasteiger partial charge in [0, 0.05) is 6.07 Å². The van der Waals surface area contributed by atoms with Crippen LogP contribution in [0.1, 0.15) is 10.4 Å². The first-order valence-corrected chi connectivity index (χ1v) is 7.71. The molecule has 1 amide bonds. The summed E-state index contributed by atoms with van der Waals surface area (Å²) in [4.78, 5) is 32.4. The van der Waals surface area contributed by atoms with Crippen LogP contribution in [0.3, 0.4) is 0 Å². The molecule has 12 heteroatoms. The molecule has 0 bridgehead atoms. The Morgan fingerprint density at radius 2 is 1.48 bits per heavy atom. The Labute approximate surface area is 159 Å². The Morgan fingerprint density at radius 1 is 0.880 bits per heavy atom. The minimum Gasteiger partial charge on any atom is -0.321 e. The Morgan fingerprint density at radius 3 is 2.04 bits per heavy atom. The van der Waals surface area contributed by atoms with Crippen molar-refractivity contribution in [3.63, 3.8) is 0 Å². The molecule has 25 heavy (non-hydrogen) atoms. The number of halogens is 4. The molecular weight excluding hydrogens is 420 g/mol. The highest BCUT2D eigenvalue weighted by Gasteiger charge is 2.26. The largest absolute Gasteiger partial charge is 0.321 e. The van der Waals surface area contributed by atoms with E-state index in [2.05, 4.69) is 5.32 Å². The standard InChI is InChI=1S/C13H5Cl4N3O5/c14-7-3-9(16)10(4-8(7)15)18-13(21)6-1-5(19(22)23)2-11(12(6)17)20(24)25/h1-4H,(H,18,21).